The van der Waals surface area contributed by atoms with Crippen molar-refractivity contribution in [2.75, 3.05) is 6.61 Å². The lowest BCUT2D eigenvalue weighted by atomic mass is 10.2. The van der Waals surface area contributed by atoms with E-state index in [0.29, 0.717) is 0 Å². The molecular weight excluding hydrogens is 196 g/mol. The summed E-state index contributed by atoms with van der Waals surface area (Å²) < 4.78 is 10.4. The second kappa shape index (κ2) is 6.76. The summed E-state index contributed by atoms with van der Waals surface area (Å²) in [5.74, 6) is 0. The predicted octanol–water partition coefficient (Wildman–Crippen LogP) is 1.94. The van der Waals surface area contributed by atoms with E-state index in [9.17, 15) is 0 Å². The van der Waals surface area contributed by atoms with Gasteiger partial charge in [-0.1, -0.05) is 0 Å². The molecule has 13 heavy (non-hydrogen) atoms. The first-order valence-corrected chi connectivity index (χ1v) is 9.04. The van der Waals surface area contributed by atoms with Gasteiger partial charge in [-0.15, -0.1) is 0 Å². The molecule has 0 spiro atoms. The molecule has 0 heterocycles. The molecular formula is C9H26O2Si2. The summed E-state index contributed by atoms with van der Waals surface area (Å²) >= 11 is 0. The van der Waals surface area contributed by atoms with Crippen molar-refractivity contribution in [2.24, 2.45) is 0 Å². The minimum absolute atomic E-state index is 0.103. The van der Waals surface area contributed by atoms with Crippen molar-refractivity contribution in [1.82, 2.24) is 0 Å². The molecule has 2 nitrogen and oxygen atoms in total. The van der Waals surface area contributed by atoms with Gasteiger partial charge in [-0.05, 0) is 47.3 Å². The van der Waals surface area contributed by atoms with Gasteiger partial charge < -0.3 is 8.85 Å². The van der Waals surface area contributed by atoms with Crippen molar-refractivity contribution in [3.05, 3.63) is 0 Å². The molecule has 0 aromatic carbocycles. The Hall–Kier alpha value is 0.354. The maximum Gasteiger partial charge on any atom is 0.183 e. The fourth-order valence-corrected chi connectivity index (χ4v) is 1.30. The molecule has 0 radical (unpaired) electrons. The summed E-state index contributed by atoms with van der Waals surface area (Å²) in [6.45, 7) is 15.7. The first-order chi connectivity index (χ1) is 5.62. The van der Waals surface area contributed by atoms with Crippen LogP contribution in [-0.4, -0.2) is 31.0 Å². The van der Waals surface area contributed by atoms with Crippen LogP contribution in [0.15, 0.2) is 0 Å². The van der Waals surface area contributed by atoms with Crippen LogP contribution in [0.3, 0.4) is 0 Å². The normalized spacial score (nSPS) is 12.2. The average Bonchev–Trinajstić information content (AvgIpc) is 1.84. The first-order valence-electron chi connectivity index (χ1n) is 4.81. The van der Waals surface area contributed by atoms with E-state index in [1.165, 1.54) is 0 Å². The highest BCUT2D eigenvalue weighted by Gasteiger charge is 2.11. The van der Waals surface area contributed by atoms with Crippen molar-refractivity contribution < 1.29 is 8.85 Å². The summed E-state index contributed by atoms with van der Waals surface area (Å²) in [5.41, 5.74) is 0.103. The molecule has 0 aromatic heterocycles. The highest BCUT2D eigenvalue weighted by Crippen LogP contribution is 2.01. The lowest BCUT2D eigenvalue weighted by molar-refractivity contribution is 0.147. The minimum Gasteiger partial charge on any atom is -0.423 e. The van der Waals surface area contributed by atoms with Crippen LogP contribution in [0.2, 0.25) is 19.6 Å². The molecule has 0 amide bonds. The lowest BCUT2D eigenvalue weighted by Gasteiger charge is -2.15. The summed E-state index contributed by atoms with van der Waals surface area (Å²) in [6.07, 6.45) is 0. The molecule has 82 valence electrons. The van der Waals surface area contributed by atoms with Crippen LogP contribution < -0.4 is 0 Å². The largest absolute Gasteiger partial charge is 0.423 e. The monoisotopic (exact) mass is 222 g/mol. The summed E-state index contributed by atoms with van der Waals surface area (Å²) in [5, 5.41) is 0. The van der Waals surface area contributed by atoms with Gasteiger partial charge in [0, 0.05) is 12.2 Å². The van der Waals surface area contributed by atoms with Gasteiger partial charge in [0.1, 0.15) is 10.5 Å². The second-order valence-electron chi connectivity index (χ2n) is 4.86. The van der Waals surface area contributed by atoms with E-state index in [4.69, 9.17) is 8.85 Å². The van der Waals surface area contributed by atoms with Gasteiger partial charge in [0.05, 0.1) is 0 Å². The molecule has 0 aromatic rings. The Morgan fingerprint density at radius 1 is 1.15 bits per heavy atom. The van der Waals surface area contributed by atoms with Gasteiger partial charge in [-0.2, -0.15) is 0 Å². The SMILES string of the molecule is CC(C)(C)O[SiH3].CCO[Si](C)(C)C. The van der Waals surface area contributed by atoms with Crippen LogP contribution in [-0.2, 0) is 8.85 Å². The third-order valence-electron chi connectivity index (χ3n) is 1.19. The van der Waals surface area contributed by atoms with Gasteiger partial charge >= 0.3 is 0 Å². The molecule has 0 rings (SSSR count). The van der Waals surface area contributed by atoms with E-state index in [1.54, 1.807) is 0 Å². The van der Waals surface area contributed by atoms with E-state index in [2.05, 4.69) is 40.4 Å². The van der Waals surface area contributed by atoms with Crippen LogP contribution >= 0.6 is 0 Å². The third kappa shape index (κ3) is 24.5. The molecule has 0 N–H and O–H groups in total. The molecule has 0 bridgehead atoms. The molecule has 0 saturated heterocycles. The molecule has 0 aliphatic heterocycles. The van der Waals surface area contributed by atoms with Crippen molar-refractivity contribution in [3.8, 4) is 0 Å². The van der Waals surface area contributed by atoms with Crippen molar-refractivity contribution in [1.29, 1.82) is 0 Å². The van der Waals surface area contributed by atoms with Crippen molar-refractivity contribution >= 4 is 18.8 Å². The minimum atomic E-state index is -1.16. The van der Waals surface area contributed by atoms with Crippen LogP contribution in [0.4, 0.5) is 0 Å². The summed E-state index contributed by atoms with van der Waals surface area (Å²) in [6, 6.07) is 0. The molecule has 0 aliphatic carbocycles. The highest BCUT2D eigenvalue weighted by molar-refractivity contribution is 6.69. The molecule has 0 aliphatic rings. The smallest absolute Gasteiger partial charge is 0.183 e. The number of rotatable bonds is 2. The van der Waals surface area contributed by atoms with Crippen molar-refractivity contribution in [2.45, 2.75) is 52.9 Å². The zero-order valence-corrected chi connectivity index (χ0v) is 13.5. The Morgan fingerprint density at radius 3 is 1.46 bits per heavy atom. The molecule has 4 heteroatoms. The Bertz CT molecular complexity index is 114. The zero-order valence-electron chi connectivity index (χ0n) is 10.5. The van der Waals surface area contributed by atoms with Gasteiger partial charge in [0.15, 0.2) is 8.32 Å². The fraction of sp³-hybridized carbons (Fsp3) is 1.00. The molecule has 0 saturated carbocycles. The number of hydrogen-bond acceptors (Lipinski definition) is 2. The zero-order chi connectivity index (χ0) is 11.1. The highest BCUT2D eigenvalue weighted by atomic mass is 28.4. The lowest BCUT2D eigenvalue weighted by Crippen LogP contribution is -2.24. The van der Waals surface area contributed by atoms with Crippen LogP contribution in [0, 0.1) is 0 Å². The van der Waals surface area contributed by atoms with Crippen LogP contribution in [0.1, 0.15) is 27.7 Å². The third-order valence-corrected chi connectivity index (χ3v) is 3.57. The maximum absolute atomic E-state index is 5.37. The van der Waals surface area contributed by atoms with E-state index in [-0.39, 0.29) is 5.60 Å². The van der Waals surface area contributed by atoms with E-state index < -0.39 is 8.32 Å². The Balaban J connectivity index is 0. The molecule has 0 fully saturated rings. The quantitative estimate of drug-likeness (QED) is 0.665. The summed E-state index contributed by atoms with van der Waals surface area (Å²) in [7, 11) is -0.309. The molecule has 0 atom stereocenters. The van der Waals surface area contributed by atoms with Crippen LogP contribution in [0.5, 0.6) is 0 Å². The Kier molecular flexibility index (Phi) is 8.22. The van der Waals surface area contributed by atoms with Crippen molar-refractivity contribution in [3.63, 3.8) is 0 Å². The first kappa shape index (κ1) is 15.8. The van der Waals surface area contributed by atoms with Crippen LogP contribution in [0.25, 0.3) is 0 Å². The van der Waals surface area contributed by atoms with Gasteiger partial charge in [0.25, 0.3) is 0 Å². The topological polar surface area (TPSA) is 18.5 Å². The van der Waals surface area contributed by atoms with E-state index in [1.807, 2.05) is 6.92 Å². The standard InChI is InChI=1S/C5H14OSi.C4H12OSi/c1-5-6-7(2,3)4;1-4(2,3)5-6/h5H2,1-4H3;1-3,6H3. The van der Waals surface area contributed by atoms with E-state index in [0.717, 1.165) is 17.1 Å². The molecule has 0 unspecified atom stereocenters. The van der Waals surface area contributed by atoms with Gasteiger partial charge in [-0.25, -0.2) is 0 Å². The van der Waals surface area contributed by atoms with Gasteiger partial charge in [-0.3, -0.25) is 0 Å². The summed E-state index contributed by atoms with van der Waals surface area (Å²) in [4.78, 5) is 0. The van der Waals surface area contributed by atoms with Gasteiger partial charge in [0.2, 0.25) is 0 Å². The fourth-order valence-electron chi connectivity index (χ4n) is 0.433. The predicted molar refractivity (Wildman–Crippen MR) is 65.7 cm³/mol. The second-order valence-corrected chi connectivity index (χ2v) is 9.78. The maximum atomic E-state index is 5.37. The Labute approximate surface area is 87.7 Å². The number of hydrogen-bond donors (Lipinski definition) is 0. The average molecular weight is 222 g/mol. The van der Waals surface area contributed by atoms with E-state index >= 15 is 0 Å². The Morgan fingerprint density at radius 2 is 1.46 bits per heavy atom.